The van der Waals surface area contributed by atoms with Crippen LogP contribution in [0, 0.1) is 3.57 Å². The molecule has 1 heterocycles. The summed E-state index contributed by atoms with van der Waals surface area (Å²) < 4.78 is 1.19. The molecule has 14 heavy (non-hydrogen) atoms. The highest BCUT2D eigenvalue weighted by atomic mass is 127. The Hall–Kier alpha value is -0.000000000000000132. The minimum Gasteiger partial charge on any atom is -0.368 e. The number of nitrogens with one attached hydrogen (secondary N) is 1. The van der Waals surface area contributed by atoms with Crippen molar-refractivity contribution in [2.45, 2.75) is 0 Å². The second kappa shape index (κ2) is 4.68. The van der Waals surface area contributed by atoms with Gasteiger partial charge in [-0.1, -0.05) is 11.6 Å². The molecular formula is C10H12ClIN2. The Morgan fingerprint density at radius 3 is 2.64 bits per heavy atom. The number of nitrogens with zero attached hydrogens (tertiary/aromatic N) is 1. The molecule has 1 aliphatic heterocycles. The van der Waals surface area contributed by atoms with E-state index >= 15 is 0 Å². The van der Waals surface area contributed by atoms with Crippen LogP contribution in [0.15, 0.2) is 18.2 Å². The molecule has 2 rings (SSSR count). The van der Waals surface area contributed by atoms with E-state index in [1.807, 2.05) is 6.07 Å². The molecule has 0 bridgehead atoms. The summed E-state index contributed by atoms with van der Waals surface area (Å²) in [7, 11) is 0. The Balaban J connectivity index is 2.22. The van der Waals surface area contributed by atoms with Crippen LogP contribution < -0.4 is 10.2 Å². The molecule has 1 aromatic carbocycles. The van der Waals surface area contributed by atoms with E-state index < -0.39 is 0 Å². The number of hydrogen-bond acceptors (Lipinski definition) is 2. The van der Waals surface area contributed by atoms with Crippen LogP contribution in [-0.2, 0) is 0 Å². The molecule has 0 aliphatic carbocycles. The topological polar surface area (TPSA) is 15.3 Å². The van der Waals surface area contributed by atoms with Gasteiger partial charge in [-0.15, -0.1) is 0 Å². The van der Waals surface area contributed by atoms with E-state index in [-0.39, 0.29) is 0 Å². The van der Waals surface area contributed by atoms with Gasteiger partial charge in [0.25, 0.3) is 0 Å². The highest BCUT2D eigenvalue weighted by molar-refractivity contribution is 14.1. The predicted octanol–water partition coefficient (Wildman–Crippen LogP) is 2.35. The largest absolute Gasteiger partial charge is 0.368 e. The van der Waals surface area contributed by atoms with Crippen molar-refractivity contribution in [1.29, 1.82) is 0 Å². The Morgan fingerprint density at radius 1 is 1.29 bits per heavy atom. The van der Waals surface area contributed by atoms with Crippen molar-refractivity contribution in [1.82, 2.24) is 5.32 Å². The molecule has 1 fully saturated rings. The number of benzene rings is 1. The maximum atomic E-state index is 6.20. The Labute approximate surface area is 103 Å². The van der Waals surface area contributed by atoms with Crippen molar-refractivity contribution >= 4 is 39.9 Å². The minimum atomic E-state index is 0.860. The molecule has 0 radical (unpaired) electrons. The first-order valence-electron chi connectivity index (χ1n) is 4.68. The fourth-order valence-electron chi connectivity index (χ4n) is 1.64. The quantitative estimate of drug-likeness (QED) is 0.799. The van der Waals surface area contributed by atoms with Crippen molar-refractivity contribution in [3.05, 3.63) is 26.8 Å². The maximum absolute atomic E-state index is 6.20. The van der Waals surface area contributed by atoms with Gasteiger partial charge >= 0.3 is 0 Å². The van der Waals surface area contributed by atoms with Gasteiger partial charge in [0.1, 0.15) is 0 Å². The zero-order chi connectivity index (χ0) is 9.97. The third-order valence-electron chi connectivity index (χ3n) is 2.37. The summed E-state index contributed by atoms with van der Waals surface area (Å²) >= 11 is 8.47. The molecule has 0 aromatic heterocycles. The molecule has 0 spiro atoms. The van der Waals surface area contributed by atoms with Gasteiger partial charge in [-0.25, -0.2) is 0 Å². The standard InChI is InChI=1S/C10H12ClIN2/c11-9-7-8(12)1-2-10(9)14-5-3-13-4-6-14/h1-2,7,13H,3-6H2. The minimum absolute atomic E-state index is 0.860. The fraction of sp³-hybridized carbons (Fsp3) is 0.400. The molecule has 0 unspecified atom stereocenters. The van der Waals surface area contributed by atoms with E-state index in [0.29, 0.717) is 0 Å². The van der Waals surface area contributed by atoms with E-state index in [2.05, 4.69) is 44.9 Å². The van der Waals surface area contributed by atoms with E-state index in [1.54, 1.807) is 0 Å². The van der Waals surface area contributed by atoms with Gasteiger partial charge in [-0.2, -0.15) is 0 Å². The molecule has 1 saturated heterocycles. The van der Waals surface area contributed by atoms with E-state index in [4.69, 9.17) is 11.6 Å². The Morgan fingerprint density at radius 2 is 2.00 bits per heavy atom. The first kappa shape index (κ1) is 10.5. The molecule has 4 heteroatoms. The highest BCUT2D eigenvalue weighted by Crippen LogP contribution is 2.27. The van der Waals surface area contributed by atoms with E-state index in [9.17, 15) is 0 Å². The van der Waals surface area contributed by atoms with Crippen LogP contribution in [0.3, 0.4) is 0 Å². The zero-order valence-corrected chi connectivity index (χ0v) is 10.7. The third-order valence-corrected chi connectivity index (χ3v) is 3.34. The van der Waals surface area contributed by atoms with Crippen LogP contribution in [0.1, 0.15) is 0 Å². The first-order chi connectivity index (χ1) is 6.77. The van der Waals surface area contributed by atoms with Gasteiger partial charge in [0.15, 0.2) is 0 Å². The second-order valence-corrected chi connectivity index (χ2v) is 4.99. The van der Waals surface area contributed by atoms with Gasteiger partial charge < -0.3 is 10.2 Å². The van der Waals surface area contributed by atoms with Crippen LogP contribution in [0.5, 0.6) is 0 Å². The number of anilines is 1. The average Bonchev–Trinajstić information content (AvgIpc) is 2.19. The molecule has 1 aromatic rings. The number of halogens is 2. The van der Waals surface area contributed by atoms with Gasteiger partial charge in [0, 0.05) is 29.7 Å². The van der Waals surface area contributed by atoms with Crippen LogP contribution in [0.25, 0.3) is 0 Å². The lowest BCUT2D eigenvalue weighted by Gasteiger charge is -2.30. The van der Waals surface area contributed by atoms with E-state index in [1.165, 1.54) is 3.57 Å². The van der Waals surface area contributed by atoms with Crippen molar-refractivity contribution in [2.24, 2.45) is 0 Å². The Bertz CT molecular complexity index is 324. The van der Waals surface area contributed by atoms with Crippen molar-refractivity contribution in [2.75, 3.05) is 31.1 Å². The Kier molecular flexibility index (Phi) is 3.52. The van der Waals surface area contributed by atoms with Crippen molar-refractivity contribution in [3.8, 4) is 0 Å². The highest BCUT2D eigenvalue weighted by Gasteiger charge is 2.12. The smallest absolute Gasteiger partial charge is 0.0650 e. The summed E-state index contributed by atoms with van der Waals surface area (Å²) in [5.74, 6) is 0. The molecular weight excluding hydrogens is 310 g/mol. The normalized spacial score (nSPS) is 17.1. The van der Waals surface area contributed by atoms with Gasteiger partial charge in [-0.3, -0.25) is 0 Å². The average molecular weight is 323 g/mol. The monoisotopic (exact) mass is 322 g/mol. The van der Waals surface area contributed by atoms with Crippen LogP contribution in [-0.4, -0.2) is 26.2 Å². The first-order valence-corrected chi connectivity index (χ1v) is 6.14. The lowest BCUT2D eigenvalue weighted by molar-refractivity contribution is 0.589. The summed E-state index contributed by atoms with van der Waals surface area (Å²) in [4.78, 5) is 2.33. The summed E-state index contributed by atoms with van der Waals surface area (Å²) in [6.07, 6.45) is 0. The lowest BCUT2D eigenvalue weighted by atomic mass is 10.2. The van der Waals surface area contributed by atoms with E-state index in [0.717, 1.165) is 36.9 Å². The zero-order valence-electron chi connectivity index (χ0n) is 7.76. The molecule has 1 N–H and O–H groups in total. The summed E-state index contributed by atoms with van der Waals surface area (Å²) in [6.45, 7) is 4.17. The molecule has 76 valence electrons. The van der Waals surface area contributed by atoms with Crippen LogP contribution >= 0.6 is 34.2 Å². The van der Waals surface area contributed by atoms with Crippen LogP contribution in [0.2, 0.25) is 5.02 Å². The predicted molar refractivity (Wildman–Crippen MR) is 69.3 cm³/mol. The van der Waals surface area contributed by atoms with Crippen LogP contribution in [0.4, 0.5) is 5.69 Å². The maximum Gasteiger partial charge on any atom is 0.0650 e. The van der Waals surface area contributed by atoms with Crippen molar-refractivity contribution < 1.29 is 0 Å². The number of rotatable bonds is 1. The molecule has 0 atom stereocenters. The number of hydrogen-bond donors (Lipinski definition) is 1. The van der Waals surface area contributed by atoms with Gasteiger partial charge in [0.05, 0.1) is 10.7 Å². The fourth-order valence-corrected chi connectivity index (χ4v) is 2.62. The van der Waals surface area contributed by atoms with Crippen molar-refractivity contribution in [3.63, 3.8) is 0 Å². The lowest BCUT2D eigenvalue weighted by Crippen LogP contribution is -2.43. The molecule has 0 saturated carbocycles. The molecule has 2 nitrogen and oxygen atoms in total. The summed E-state index contributed by atoms with van der Waals surface area (Å²) in [6, 6.07) is 6.22. The molecule has 0 amide bonds. The summed E-state index contributed by atoms with van der Waals surface area (Å²) in [5, 5.41) is 4.19. The number of piperazine rings is 1. The van der Waals surface area contributed by atoms with Gasteiger partial charge in [-0.05, 0) is 40.8 Å². The second-order valence-electron chi connectivity index (χ2n) is 3.33. The SMILES string of the molecule is Clc1cc(I)ccc1N1CCNCC1. The molecule has 1 aliphatic rings. The summed E-state index contributed by atoms with van der Waals surface area (Å²) in [5.41, 5.74) is 1.16. The third kappa shape index (κ3) is 2.32. The van der Waals surface area contributed by atoms with Gasteiger partial charge in [0.2, 0.25) is 0 Å².